The van der Waals surface area contributed by atoms with Crippen LogP contribution in [-0.4, -0.2) is 24.2 Å². The van der Waals surface area contributed by atoms with Gasteiger partial charge in [-0.1, -0.05) is 12.1 Å². The van der Waals surface area contributed by atoms with Gasteiger partial charge in [-0.05, 0) is 53.3 Å². The number of benzene rings is 2. The molecule has 0 spiro atoms. The molecule has 4 rings (SSSR count). The highest BCUT2D eigenvalue weighted by atomic mass is 35.5. The van der Waals surface area contributed by atoms with E-state index < -0.39 is 0 Å². The van der Waals surface area contributed by atoms with E-state index in [2.05, 4.69) is 34.2 Å². The Morgan fingerprint density at radius 3 is 2.41 bits per heavy atom. The lowest BCUT2D eigenvalue weighted by Crippen LogP contribution is -1.95. The third-order valence-electron chi connectivity index (χ3n) is 4.41. The minimum absolute atomic E-state index is 0. The van der Waals surface area contributed by atoms with Crippen LogP contribution in [0.2, 0.25) is 0 Å². The highest BCUT2D eigenvalue weighted by molar-refractivity contribution is 5.88. The second-order valence-electron chi connectivity index (χ2n) is 5.93. The third-order valence-corrected chi connectivity index (χ3v) is 4.41. The predicted molar refractivity (Wildman–Crippen MR) is 114 cm³/mol. The first-order chi connectivity index (χ1) is 12.3. The highest BCUT2D eigenvalue weighted by Gasteiger charge is 2.10. The highest BCUT2D eigenvalue weighted by Crippen LogP contribution is 2.33. The van der Waals surface area contributed by atoms with Crippen molar-refractivity contribution in [3.8, 4) is 11.5 Å². The van der Waals surface area contributed by atoms with Crippen LogP contribution in [0.5, 0.6) is 11.5 Å². The summed E-state index contributed by atoms with van der Waals surface area (Å²) in [5.74, 6) is 1.44. The SMILES string of the molecule is COc1cc2cncc(Cc3ccc4ncccc4c3)c2cc1OC.Cl.Cl. The molecule has 0 aliphatic carbocycles. The normalized spacial score (nSPS) is 10.1. The van der Waals surface area contributed by atoms with Gasteiger partial charge in [0, 0.05) is 29.4 Å². The van der Waals surface area contributed by atoms with Crippen LogP contribution in [0.4, 0.5) is 0 Å². The molecule has 27 heavy (non-hydrogen) atoms. The molecule has 0 saturated carbocycles. The van der Waals surface area contributed by atoms with Gasteiger partial charge >= 0.3 is 0 Å². The molecule has 0 aliphatic heterocycles. The first kappa shape index (κ1) is 20.7. The summed E-state index contributed by atoms with van der Waals surface area (Å²) < 4.78 is 10.8. The van der Waals surface area contributed by atoms with Gasteiger partial charge in [-0.2, -0.15) is 0 Å². The topological polar surface area (TPSA) is 44.2 Å². The van der Waals surface area contributed by atoms with E-state index in [9.17, 15) is 0 Å². The molecule has 0 saturated heterocycles. The Labute approximate surface area is 170 Å². The van der Waals surface area contributed by atoms with Gasteiger partial charge < -0.3 is 9.47 Å². The van der Waals surface area contributed by atoms with E-state index in [1.165, 1.54) is 5.56 Å². The fraction of sp³-hybridized carbons (Fsp3) is 0.143. The molecule has 0 aliphatic rings. The minimum Gasteiger partial charge on any atom is -0.493 e. The Kier molecular flexibility index (Phi) is 6.83. The second kappa shape index (κ2) is 8.89. The standard InChI is InChI=1S/C21H18N2O2.2ClH/c1-24-20-10-17-13-22-12-16(18(17)11-21(20)25-2)9-14-5-6-19-15(8-14)4-3-7-23-19;;/h3-8,10-13H,9H2,1-2H3;2*1H. The van der Waals surface area contributed by atoms with Crippen LogP contribution in [0, 0.1) is 0 Å². The smallest absolute Gasteiger partial charge is 0.161 e. The van der Waals surface area contributed by atoms with Crippen LogP contribution in [0.25, 0.3) is 21.7 Å². The van der Waals surface area contributed by atoms with Gasteiger partial charge in [0.25, 0.3) is 0 Å². The molecule has 140 valence electrons. The van der Waals surface area contributed by atoms with Crippen LogP contribution in [0.3, 0.4) is 0 Å². The first-order valence-corrected chi connectivity index (χ1v) is 8.11. The molecule has 0 unspecified atom stereocenters. The van der Waals surface area contributed by atoms with E-state index in [1.807, 2.05) is 36.8 Å². The lowest BCUT2D eigenvalue weighted by atomic mass is 9.99. The Hall–Kier alpha value is -2.56. The maximum atomic E-state index is 5.45. The summed E-state index contributed by atoms with van der Waals surface area (Å²) in [5, 5.41) is 3.31. The zero-order valence-electron chi connectivity index (χ0n) is 15.0. The number of methoxy groups -OCH3 is 2. The lowest BCUT2D eigenvalue weighted by molar-refractivity contribution is 0.356. The van der Waals surface area contributed by atoms with Crippen LogP contribution < -0.4 is 9.47 Å². The van der Waals surface area contributed by atoms with Crippen LogP contribution in [0.15, 0.2) is 61.1 Å². The molecular formula is C21H20Cl2N2O2. The van der Waals surface area contributed by atoms with E-state index in [4.69, 9.17) is 9.47 Å². The molecule has 0 fully saturated rings. The Bertz CT molecular complexity index is 1070. The lowest BCUT2D eigenvalue weighted by Gasteiger charge is -2.12. The summed E-state index contributed by atoms with van der Waals surface area (Å²) >= 11 is 0. The molecule has 0 amide bonds. The Balaban J connectivity index is 0.00000131. The summed E-state index contributed by atoms with van der Waals surface area (Å²) in [5.41, 5.74) is 3.39. The average molecular weight is 403 g/mol. The number of rotatable bonds is 4. The zero-order chi connectivity index (χ0) is 17.2. The predicted octanol–water partition coefficient (Wildman–Crippen LogP) is 5.23. The van der Waals surface area contributed by atoms with Crippen molar-refractivity contribution in [2.24, 2.45) is 0 Å². The molecule has 2 aromatic carbocycles. The monoisotopic (exact) mass is 402 g/mol. The molecule has 2 aromatic heterocycles. The molecule has 2 heterocycles. The van der Waals surface area contributed by atoms with Gasteiger partial charge in [-0.15, -0.1) is 24.8 Å². The van der Waals surface area contributed by atoms with Crippen molar-refractivity contribution in [3.63, 3.8) is 0 Å². The second-order valence-corrected chi connectivity index (χ2v) is 5.93. The summed E-state index contributed by atoms with van der Waals surface area (Å²) in [6.07, 6.45) is 6.38. The van der Waals surface area contributed by atoms with Gasteiger partial charge in [0.1, 0.15) is 0 Å². The average Bonchev–Trinajstić information content (AvgIpc) is 2.67. The minimum atomic E-state index is 0. The number of nitrogens with zero attached hydrogens (tertiary/aromatic N) is 2. The van der Waals surface area contributed by atoms with Gasteiger partial charge in [0.05, 0.1) is 19.7 Å². The molecule has 0 radical (unpaired) electrons. The first-order valence-electron chi connectivity index (χ1n) is 8.11. The van der Waals surface area contributed by atoms with Crippen molar-refractivity contribution in [1.29, 1.82) is 0 Å². The number of ether oxygens (including phenoxy) is 2. The van der Waals surface area contributed by atoms with Crippen molar-refractivity contribution in [2.75, 3.05) is 14.2 Å². The number of pyridine rings is 2. The van der Waals surface area contributed by atoms with Crippen LogP contribution in [0.1, 0.15) is 11.1 Å². The fourth-order valence-corrected chi connectivity index (χ4v) is 3.15. The van der Waals surface area contributed by atoms with Gasteiger partial charge in [0.15, 0.2) is 11.5 Å². The van der Waals surface area contributed by atoms with E-state index in [1.54, 1.807) is 14.2 Å². The van der Waals surface area contributed by atoms with Crippen molar-refractivity contribution in [2.45, 2.75) is 6.42 Å². The molecule has 4 nitrogen and oxygen atoms in total. The largest absolute Gasteiger partial charge is 0.493 e. The summed E-state index contributed by atoms with van der Waals surface area (Å²) in [6, 6.07) is 14.4. The quantitative estimate of drug-likeness (QED) is 0.468. The molecule has 4 aromatic rings. The van der Waals surface area contributed by atoms with E-state index >= 15 is 0 Å². The number of fused-ring (bicyclic) bond motifs is 2. The molecule has 0 atom stereocenters. The third kappa shape index (κ3) is 4.07. The Morgan fingerprint density at radius 1 is 0.852 bits per heavy atom. The van der Waals surface area contributed by atoms with Crippen LogP contribution in [-0.2, 0) is 6.42 Å². The maximum absolute atomic E-state index is 5.45. The summed E-state index contributed by atoms with van der Waals surface area (Å²) in [6.45, 7) is 0. The van der Waals surface area contributed by atoms with E-state index in [0.717, 1.165) is 39.4 Å². The van der Waals surface area contributed by atoms with Crippen molar-refractivity contribution < 1.29 is 9.47 Å². The number of halogens is 2. The van der Waals surface area contributed by atoms with Crippen LogP contribution >= 0.6 is 24.8 Å². The summed E-state index contributed by atoms with van der Waals surface area (Å²) in [4.78, 5) is 8.77. The number of hydrogen-bond acceptors (Lipinski definition) is 4. The summed E-state index contributed by atoms with van der Waals surface area (Å²) in [7, 11) is 3.30. The van der Waals surface area contributed by atoms with E-state index in [-0.39, 0.29) is 24.8 Å². The van der Waals surface area contributed by atoms with Gasteiger partial charge in [-0.3, -0.25) is 9.97 Å². The molecule has 0 N–H and O–H groups in total. The van der Waals surface area contributed by atoms with Crippen molar-refractivity contribution in [1.82, 2.24) is 9.97 Å². The van der Waals surface area contributed by atoms with E-state index in [0.29, 0.717) is 5.75 Å². The Morgan fingerprint density at radius 2 is 1.63 bits per heavy atom. The fourth-order valence-electron chi connectivity index (χ4n) is 3.15. The maximum Gasteiger partial charge on any atom is 0.161 e. The number of hydrogen-bond donors (Lipinski definition) is 0. The zero-order valence-corrected chi connectivity index (χ0v) is 16.6. The molecule has 0 bridgehead atoms. The van der Waals surface area contributed by atoms with Crippen molar-refractivity contribution in [3.05, 3.63) is 72.2 Å². The molecular weight excluding hydrogens is 383 g/mol. The van der Waals surface area contributed by atoms with Crippen molar-refractivity contribution >= 4 is 46.5 Å². The van der Waals surface area contributed by atoms with Gasteiger partial charge in [0.2, 0.25) is 0 Å². The number of aromatic nitrogens is 2. The van der Waals surface area contributed by atoms with Gasteiger partial charge in [-0.25, -0.2) is 0 Å². The molecule has 6 heteroatoms.